The molecule has 0 aliphatic rings. The Bertz CT molecular complexity index is 68.5. The van der Waals surface area contributed by atoms with Gasteiger partial charge in [-0.05, 0) is 13.8 Å². The predicted octanol–water partition coefficient (Wildman–Crippen LogP) is 0.843. The Balaban J connectivity index is 3.17. The molecule has 2 N–H and O–H groups in total. The van der Waals surface area contributed by atoms with E-state index in [0.29, 0.717) is 6.61 Å². The molecule has 0 radical (unpaired) electrons. The molecule has 0 atom stereocenters. The molecule has 0 aromatic carbocycles. The largest absolute Gasteiger partial charge is 0.300 e. The number of hydrogen-bond donors (Lipinski definition) is 1. The van der Waals surface area contributed by atoms with Gasteiger partial charge in [0.1, 0.15) is 0 Å². The van der Waals surface area contributed by atoms with E-state index in [1.165, 1.54) is 0 Å². The zero-order chi connectivity index (χ0) is 5.70. The van der Waals surface area contributed by atoms with E-state index in [1.807, 2.05) is 19.9 Å². The summed E-state index contributed by atoms with van der Waals surface area (Å²) in [6.07, 6.45) is 1.97. The normalized spacial score (nSPS) is 12.1. The lowest BCUT2D eigenvalue weighted by Gasteiger charge is -1.92. The molecule has 2 nitrogen and oxygen atoms in total. The summed E-state index contributed by atoms with van der Waals surface area (Å²) in [6.45, 7) is 4.46. The fourth-order valence-corrected chi connectivity index (χ4v) is 0.215. The van der Waals surface area contributed by atoms with Crippen LogP contribution < -0.4 is 5.90 Å². The van der Waals surface area contributed by atoms with Gasteiger partial charge in [0.2, 0.25) is 0 Å². The molecule has 0 rings (SSSR count). The van der Waals surface area contributed by atoms with E-state index < -0.39 is 0 Å². The van der Waals surface area contributed by atoms with Gasteiger partial charge in [-0.2, -0.15) is 0 Å². The summed E-state index contributed by atoms with van der Waals surface area (Å²) in [4.78, 5) is 4.33. The highest BCUT2D eigenvalue weighted by Crippen LogP contribution is 1.87. The first-order chi connectivity index (χ1) is 3.31. The lowest BCUT2D eigenvalue weighted by Crippen LogP contribution is -2.00. The van der Waals surface area contributed by atoms with Gasteiger partial charge >= 0.3 is 0 Å². The van der Waals surface area contributed by atoms with E-state index in [1.54, 1.807) is 0 Å². The topological polar surface area (TPSA) is 35.2 Å². The molecule has 0 aromatic heterocycles. The van der Waals surface area contributed by atoms with Crippen molar-refractivity contribution in [3.8, 4) is 0 Å². The zero-order valence-electron chi connectivity index (χ0n) is 4.77. The first-order valence-corrected chi connectivity index (χ1v) is 2.24. The summed E-state index contributed by atoms with van der Waals surface area (Å²) in [6, 6.07) is 0. The summed E-state index contributed by atoms with van der Waals surface area (Å²) >= 11 is 0. The zero-order valence-corrected chi connectivity index (χ0v) is 4.77. The van der Waals surface area contributed by atoms with E-state index in [9.17, 15) is 0 Å². The summed E-state index contributed by atoms with van der Waals surface area (Å²) in [5.74, 6) is 4.76. The SMILES string of the molecule is C/C=C(\C)CON. The third kappa shape index (κ3) is 3.49. The van der Waals surface area contributed by atoms with E-state index in [0.717, 1.165) is 5.57 Å². The van der Waals surface area contributed by atoms with Crippen molar-refractivity contribution in [2.24, 2.45) is 5.90 Å². The second-order valence-corrected chi connectivity index (χ2v) is 1.45. The lowest BCUT2D eigenvalue weighted by atomic mass is 10.3. The Morgan fingerprint density at radius 1 is 1.86 bits per heavy atom. The van der Waals surface area contributed by atoms with Crippen LogP contribution in [0.25, 0.3) is 0 Å². The van der Waals surface area contributed by atoms with Gasteiger partial charge in [-0.1, -0.05) is 11.6 Å². The molecule has 0 aliphatic heterocycles. The number of nitrogens with two attached hydrogens (primary N) is 1. The molecule has 0 bridgehead atoms. The Morgan fingerprint density at radius 3 is 2.57 bits per heavy atom. The van der Waals surface area contributed by atoms with Crippen LogP contribution in [0, 0.1) is 0 Å². The van der Waals surface area contributed by atoms with Crippen LogP contribution in [0.3, 0.4) is 0 Å². The van der Waals surface area contributed by atoms with Crippen LogP contribution in [0.5, 0.6) is 0 Å². The molecule has 0 aromatic rings. The van der Waals surface area contributed by atoms with Crippen LogP contribution in [0.4, 0.5) is 0 Å². The Morgan fingerprint density at radius 2 is 2.43 bits per heavy atom. The molecule has 7 heavy (non-hydrogen) atoms. The van der Waals surface area contributed by atoms with Crippen molar-refractivity contribution in [3.05, 3.63) is 11.6 Å². The van der Waals surface area contributed by atoms with Gasteiger partial charge in [-0.15, -0.1) is 0 Å². The van der Waals surface area contributed by atoms with Crippen molar-refractivity contribution < 1.29 is 4.84 Å². The highest BCUT2D eigenvalue weighted by Gasteiger charge is 1.80. The van der Waals surface area contributed by atoms with E-state index in [2.05, 4.69) is 4.84 Å². The molecule has 0 saturated heterocycles. The quantitative estimate of drug-likeness (QED) is 0.413. The average molecular weight is 101 g/mol. The second kappa shape index (κ2) is 3.84. The summed E-state index contributed by atoms with van der Waals surface area (Å²) in [5, 5.41) is 0. The van der Waals surface area contributed by atoms with Crippen molar-refractivity contribution in [2.45, 2.75) is 13.8 Å². The van der Waals surface area contributed by atoms with Crippen LogP contribution >= 0.6 is 0 Å². The molecule has 0 heterocycles. The third-order valence-corrected chi connectivity index (χ3v) is 0.804. The fraction of sp³-hybridized carbons (Fsp3) is 0.600. The van der Waals surface area contributed by atoms with Gasteiger partial charge in [0.05, 0.1) is 6.61 Å². The lowest BCUT2D eigenvalue weighted by molar-refractivity contribution is 0.161. The third-order valence-electron chi connectivity index (χ3n) is 0.804. The van der Waals surface area contributed by atoms with E-state index >= 15 is 0 Å². The molecule has 2 heteroatoms. The minimum atomic E-state index is 0.538. The molecule has 0 amide bonds. The molecule has 42 valence electrons. The second-order valence-electron chi connectivity index (χ2n) is 1.45. The van der Waals surface area contributed by atoms with Crippen LogP contribution in [0.2, 0.25) is 0 Å². The monoisotopic (exact) mass is 101 g/mol. The Hall–Kier alpha value is -0.340. The van der Waals surface area contributed by atoms with Gasteiger partial charge in [0, 0.05) is 0 Å². The van der Waals surface area contributed by atoms with Gasteiger partial charge in [-0.3, -0.25) is 0 Å². The van der Waals surface area contributed by atoms with Crippen LogP contribution in [-0.4, -0.2) is 6.61 Å². The van der Waals surface area contributed by atoms with Crippen molar-refractivity contribution >= 4 is 0 Å². The molecule has 0 unspecified atom stereocenters. The average Bonchev–Trinajstić information content (AvgIpc) is 1.68. The Labute approximate surface area is 43.9 Å². The standard InChI is InChI=1S/C5H11NO/c1-3-5(2)4-7-6/h3H,4,6H2,1-2H3/b5-3+. The van der Waals surface area contributed by atoms with Gasteiger partial charge < -0.3 is 4.84 Å². The molecule has 0 spiro atoms. The molecule has 0 saturated carbocycles. The fourth-order valence-electron chi connectivity index (χ4n) is 0.215. The van der Waals surface area contributed by atoms with Crippen LogP contribution in [0.15, 0.2) is 11.6 Å². The number of allylic oxidation sites excluding steroid dienone is 1. The van der Waals surface area contributed by atoms with E-state index in [-0.39, 0.29) is 0 Å². The highest BCUT2D eigenvalue weighted by atomic mass is 16.6. The summed E-state index contributed by atoms with van der Waals surface area (Å²) in [5.41, 5.74) is 1.16. The van der Waals surface area contributed by atoms with Gasteiger partial charge in [0.15, 0.2) is 0 Å². The van der Waals surface area contributed by atoms with Crippen molar-refractivity contribution in [3.63, 3.8) is 0 Å². The highest BCUT2D eigenvalue weighted by molar-refractivity contribution is 4.94. The molecule has 0 fully saturated rings. The molecule has 0 aliphatic carbocycles. The summed E-state index contributed by atoms with van der Waals surface area (Å²) < 4.78 is 0. The summed E-state index contributed by atoms with van der Waals surface area (Å²) in [7, 11) is 0. The van der Waals surface area contributed by atoms with Crippen molar-refractivity contribution in [1.29, 1.82) is 0 Å². The smallest absolute Gasteiger partial charge is 0.0887 e. The Kier molecular flexibility index (Phi) is 3.65. The maximum atomic E-state index is 4.76. The molecular weight excluding hydrogens is 90.1 g/mol. The first-order valence-electron chi connectivity index (χ1n) is 2.24. The van der Waals surface area contributed by atoms with Crippen LogP contribution in [0.1, 0.15) is 13.8 Å². The van der Waals surface area contributed by atoms with Crippen molar-refractivity contribution in [1.82, 2.24) is 0 Å². The minimum absolute atomic E-state index is 0.538. The minimum Gasteiger partial charge on any atom is -0.300 e. The van der Waals surface area contributed by atoms with E-state index in [4.69, 9.17) is 5.90 Å². The first kappa shape index (κ1) is 6.66. The maximum Gasteiger partial charge on any atom is 0.0887 e. The number of hydrogen-bond acceptors (Lipinski definition) is 2. The van der Waals surface area contributed by atoms with Gasteiger partial charge in [-0.25, -0.2) is 5.90 Å². The van der Waals surface area contributed by atoms with Crippen LogP contribution in [-0.2, 0) is 4.84 Å². The van der Waals surface area contributed by atoms with Crippen molar-refractivity contribution in [2.75, 3.05) is 6.61 Å². The number of rotatable bonds is 2. The molecular formula is C5H11NO. The maximum absolute atomic E-state index is 4.76. The van der Waals surface area contributed by atoms with Gasteiger partial charge in [0.25, 0.3) is 0 Å². The predicted molar refractivity (Wildman–Crippen MR) is 29.6 cm³/mol.